The summed E-state index contributed by atoms with van der Waals surface area (Å²) in [4.78, 5) is 12.4. The van der Waals surface area contributed by atoms with Gasteiger partial charge >= 0.3 is 0 Å². The van der Waals surface area contributed by atoms with Gasteiger partial charge in [0.1, 0.15) is 5.78 Å². The van der Waals surface area contributed by atoms with Crippen LogP contribution in [0.1, 0.15) is 29.4 Å². The van der Waals surface area contributed by atoms with Gasteiger partial charge < -0.3 is 5.73 Å². The number of Topliss-reactive ketones (excluding diaryl/α,β-unsaturated/α-hetero) is 1. The van der Waals surface area contributed by atoms with Gasteiger partial charge in [-0.05, 0) is 40.9 Å². The fourth-order valence-corrected chi connectivity index (χ4v) is 2.85. The molecule has 2 N–H and O–H groups in total. The summed E-state index contributed by atoms with van der Waals surface area (Å²) < 4.78 is 2.82. The molecule has 2 aromatic rings. The molecule has 4 nitrogen and oxygen atoms in total. The van der Waals surface area contributed by atoms with Crippen LogP contribution in [0, 0.1) is 6.92 Å². The molecular formula is C16H20BrN3O. The van der Waals surface area contributed by atoms with Gasteiger partial charge in [0.15, 0.2) is 0 Å². The standard InChI is InChI=1S/C16H20BrN3O/c1-3-20-15(16(17)11(2)19-20)9-14(21)8-12-6-4-5-7-13(12)10-18/h4-7H,3,8-10,18H2,1-2H3. The zero-order chi connectivity index (χ0) is 15.4. The smallest absolute Gasteiger partial charge is 0.143 e. The van der Waals surface area contributed by atoms with Crippen LogP contribution in [0.15, 0.2) is 28.7 Å². The van der Waals surface area contributed by atoms with E-state index in [1.807, 2.05) is 42.8 Å². The lowest BCUT2D eigenvalue weighted by atomic mass is 10.0. The van der Waals surface area contributed by atoms with Gasteiger partial charge in [-0.3, -0.25) is 9.48 Å². The van der Waals surface area contributed by atoms with Crippen molar-refractivity contribution in [3.8, 4) is 0 Å². The predicted molar refractivity (Wildman–Crippen MR) is 87.1 cm³/mol. The largest absolute Gasteiger partial charge is 0.326 e. The first-order valence-electron chi connectivity index (χ1n) is 7.07. The van der Waals surface area contributed by atoms with Crippen LogP contribution in [-0.4, -0.2) is 15.6 Å². The molecule has 0 unspecified atom stereocenters. The molecule has 0 aliphatic rings. The molecule has 0 radical (unpaired) electrons. The molecule has 5 heteroatoms. The Bertz CT molecular complexity index is 649. The second-order valence-corrected chi connectivity index (χ2v) is 5.82. The number of benzene rings is 1. The van der Waals surface area contributed by atoms with Gasteiger partial charge in [-0.2, -0.15) is 5.10 Å². The van der Waals surface area contributed by atoms with E-state index in [4.69, 9.17) is 5.73 Å². The van der Waals surface area contributed by atoms with Crippen molar-refractivity contribution < 1.29 is 4.79 Å². The van der Waals surface area contributed by atoms with Crippen molar-refractivity contribution in [2.24, 2.45) is 5.73 Å². The van der Waals surface area contributed by atoms with Gasteiger partial charge in [-0.1, -0.05) is 24.3 Å². The molecule has 0 saturated carbocycles. The van der Waals surface area contributed by atoms with Crippen molar-refractivity contribution in [2.75, 3.05) is 0 Å². The predicted octanol–water partition coefficient (Wildman–Crippen LogP) is 2.79. The average Bonchev–Trinajstić information content (AvgIpc) is 2.75. The highest BCUT2D eigenvalue weighted by atomic mass is 79.9. The maximum absolute atomic E-state index is 12.4. The summed E-state index contributed by atoms with van der Waals surface area (Å²) in [5, 5.41) is 4.42. The monoisotopic (exact) mass is 349 g/mol. The first-order chi connectivity index (χ1) is 10.1. The van der Waals surface area contributed by atoms with E-state index >= 15 is 0 Å². The van der Waals surface area contributed by atoms with Gasteiger partial charge in [-0.15, -0.1) is 0 Å². The first-order valence-corrected chi connectivity index (χ1v) is 7.86. The normalized spacial score (nSPS) is 10.9. The van der Waals surface area contributed by atoms with Gasteiger partial charge in [0.2, 0.25) is 0 Å². The van der Waals surface area contributed by atoms with Crippen LogP contribution in [0.3, 0.4) is 0 Å². The molecule has 112 valence electrons. The number of ketones is 1. The van der Waals surface area contributed by atoms with Gasteiger partial charge in [0, 0.05) is 25.9 Å². The van der Waals surface area contributed by atoms with Crippen LogP contribution in [0.4, 0.5) is 0 Å². The SMILES string of the molecule is CCn1nc(C)c(Br)c1CC(=O)Cc1ccccc1CN. The first kappa shape index (κ1) is 15.9. The molecule has 2 rings (SSSR count). The van der Waals surface area contributed by atoms with Gasteiger partial charge in [0.25, 0.3) is 0 Å². The molecule has 1 aromatic carbocycles. The number of rotatable bonds is 6. The van der Waals surface area contributed by atoms with Crippen molar-refractivity contribution in [1.29, 1.82) is 0 Å². The van der Waals surface area contributed by atoms with Crippen molar-refractivity contribution in [1.82, 2.24) is 9.78 Å². The average molecular weight is 350 g/mol. The molecule has 0 atom stereocenters. The third-order valence-corrected chi connectivity index (χ3v) is 4.57. The minimum Gasteiger partial charge on any atom is -0.326 e. The number of nitrogens with zero attached hydrogens (tertiary/aromatic N) is 2. The Kier molecular flexibility index (Phi) is 5.31. The molecule has 0 fully saturated rings. The number of halogens is 1. The topological polar surface area (TPSA) is 60.9 Å². The van der Waals surface area contributed by atoms with Gasteiger partial charge in [-0.25, -0.2) is 0 Å². The maximum Gasteiger partial charge on any atom is 0.143 e. The highest BCUT2D eigenvalue weighted by Crippen LogP contribution is 2.22. The minimum absolute atomic E-state index is 0.172. The highest BCUT2D eigenvalue weighted by molar-refractivity contribution is 9.10. The van der Waals surface area contributed by atoms with Crippen LogP contribution in [0.25, 0.3) is 0 Å². The molecule has 0 bridgehead atoms. The Balaban J connectivity index is 2.16. The summed E-state index contributed by atoms with van der Waals surface area (Å²) in [7, 11) is 0. The Morgan fingerprint density at radius 3 is 2.57 bits per heavy atom. The highest BCUT2D eigenvalue weighted by Gasteiger charge is 2.16. The zero-order valence-corrected chi connectivity index (χ0v) is 14.0. The fourth-order valence-electron chi connectivity index (χ4n) is 2.43. The van der Waals surface area contributed by atoms with E-state index in [2.05, 4.69) is 21.0 Å². The molecular weight excluding hydrogens is 330 g/mol. The number of carbonyl (C=O) groups excluding carboxylic acids is 1. The van der Waals surface area contributed by atoms with Crippen LogP contribution < -0.4 is 5.73 Å². The third-order valence-electron chi connectivity index (χ3n) is 3.54. The molecule has 0 aliphatic heterocycles. The van der Waals surface area contributed by atoms with E-state index in [0.29, 0.717) is 19.4 Å². The maximum atomic E-state index is 12.4. The summed E-state index contributed by atoms with van der Waals surface area (Å²) in [6.45, 7) is 5.18. The lowest BCUT2D eigenvalue weighted by molar-refractivity contribution is -0.117. The molecule has 0 spiro atoms. The van der Waals surface area contributed by atoms with Gasteiger partial charge in [0.05, 0.1) is 15.9 Å². The molecule has 0 amide bonds. The lowest BCUT2D eigenvalue weighted by Crippen LogP contribution is -2.13. The molecule has 21 heavy (non-hydrogen) atoms. The quantitative estimate of drug-likeness (QED) is 0.872. The number of carbonyl (C=O) groups is 1. The lowest BCUT2D eigenvalue weighted by Gasteiger charge is -2.08. The number of hydrogen-bond donors (Lipinski definition) is 1. The number of nitrogens with two attached hydrogens (primary N) is 1. The number of hydrogen-bond acceptors (Lipinski definition) is 3. The fraction of sp³-hybridized carbons (Fsp3) is 0.375. The van der Waals surface area contributed by atoms with Crippen LogP contribution in [-0.2, 0) is 30.7 Å². The summed E-state index contributed by atoms with van der Waals surface area (Å²) in [6, 6.07) is 7.83. The van der Waals surface area contributed by atoms with Crippen molar-refractivity contribution in [3.05, 3.63) is 51.3 Å². The Hall–Kier alpha value is -1.46. The van der Waals surface area contributed by atoms with Crippen LogP contribution >= 0.6 is 15.9 Å². The van der Waals surface area contributed by atoms with E-state index in [-0.39, 0.29) is 5.78 Å². The van der Waals surface area contributed by atoms with E-state index in [0.717, 1.165) is 33.5 Å². The second kappa shape index (κ2) is 7.00. The van der Waals surface area contributed by atoms with Crippen LogP contribution in [0.2, 0.25) is 0 Å². The Morgan fingerprint density at radius 2 is 1.95 bits per heavy atom. The number of aryl methyl sites for hydroxylation is 2. The summed E-state index contributed by atoms with van der Waals surface area (Å²) in [5.74, 6) is 0.172. The molecule has 0 aliphatic carbocycles. The van der Waals surface area contributed by atoms with Crippen molar-refractivity contribution in [2.45, 2.75) is 39.8 Å². The summed E-state index contributed by atoms with van der Waals surface area (Å²) >= 11 is 3.53. The van der Waals surface area contributed by atoms with E-state index in [1.54, 1.807) is 0 Å². The van der Waals surface area contributed by atoms with E-state index < -0.39 is 0 Å². The van der Waals surface area contributed by atoms with E-state index in [9.17, 15) is 4.79 Å². The zero-order valence-electron chi connectivity index (χ0n) is 12.4. The Morgan fingerprint density at radius 1 is 1.29 bits per heavy atom. The summed E-state index contributed by atoms with van der Waals surface area (Å²) in [6.07, 6.45) is 0.794. The van der Waals surface area contributed by atoms with Crippen molar-refractivity contribution in [3.63, 3.8) is 0 Å². The molecule has 1 aromatic heterocycles. The molecule has 1 heterocycles. The summed E-state index contributed by atoms with van der Waals surface area (Å²) in [5.41, 5.74) is 9.63. The van der Waals surface area contributed by atoms with Crippen LogP contribution in [0.5, 0.6) is 0 Å². The second-order valence-electron chi connectivity index (χ2n) is 5.03. The third kappa shape index (κ3) is 3.60. The minimum atomic E-state index is 0.172. The molecule has 0 saturated heterocycles. The van der Waals surface area contributed by atoms with Crippen molar-refractivity contribution >= 4 is 21.7 Å². The van der Waals surface area contributed by atoms with E-state index in [1.165, 1.54) is 0 Å². The Labute approximate surface area is 133 Å². The number of aromatic nitrogens is 2.